The molecule has 0 amide bonds. The van der Waals surface area contributed by atoms with E-state index in [1.165, 1.54) is 0 Å². The SMILES string of the molecule is CCCC(CC1CCC1)(C(=O)O)C(=O)OCC. The smallest absolute Gasteiger partial charge is 0.323 e. The Morgan fingerprint density at radius 3 is 2.35 bits per heavy atom. The standard InChI is InChI=1S/C13H22O4/c1-3-8-13(11(14)15,12(16)17-4-2)9-10-6-5-7-10/h10H,3-9H2,1-2H3,(H,14,15). The van der Waals surface area contributed by atoms with Crippen LogP contribution in [0.15, 0.2) is 0 Å². The van der Waals surface area contributed by atoms with Gasteiger partial charge in [0.25, 0.3) is 0 Å². The van der Waals surface area contributed by atoms with Gasteiger partial charge in [0.2, 0.25) is 0 Å². The molecule has 0 aromatic heterocycles. The lowest BCUT2D eigenvalue weighted by Crippen LogP contribution is -2.43. The quantitative estimate of drug-likeness (QED) is 0.550. The molecule has 17 heavy (non-hydrogen) atoms. The molecule has 4 heteroatoms. The van der Waals surface area contributed by atoms with Crippen molar-refractivity contribution < 1.29 is 19.4 Å². The van der Waals surface area contributed by atoms with Crippen LogP contribution in [0.3, 0.4) is 0 Å². The van der Waals surface area contributed by atoms with Gasteiger partial charge in [0.15, 0.2) is 5.41 Å². The van der Waals surface area contributed by atoms with Gasteiger partial charge in [-0.25, -0.2) is 0 Å². The Bertz CT molecular complexity index is 283. The van der Waals surface area contributed by atoms with Gasteiger partial charge in [0.1, 0.15) is 0 Å². The average Bonchev–Trinajstić information content (AvgIpc) is 2.21. The van der Waals surface area contributed by atoms with Crippen LogP contribution >= 0.6 is 0 Å². The number of hydrogen-bond donors (Lipinski definition) is 1. The van der Waals surface area contributed by atoms with Crippen molar-refractivity contribution in [1.29, 1.82) is 0 Å². The summed E-state index contributed by atoms with van der Waals surface area (Å²) >= 11 is 0. The van der Waals surface area contributed by atoms with Gasteiger partial charge in [0, 0.05) is 0 Å². The molecule has 0 aromatic rings. The third kappa shape index (κ3) is 2.99. The van der Waals surface area contributed by atoms with Crippen molar-refractivity contribution in [1.82, 2.24) is 0 Å². The Hall–Kier alpha value is -1.06. The summed E-state index contributed by atoms with van der Waals surface area (Å²) in [4.78, 5) is 23.5. The van der Waals surface area contributed by atoms with Gasteiger partial charge in [-0.1, -0.05) is 32.6 Å². The molecule has 1 unspecified atom stereocenters. The maximum Gasteiger partial charge on any atom is 0.323 e. The van der Waals surface area contributed by atoms with Gasteiger partial charge in [-0.05, 0) is 25.7 Å². The number of carboxylic acids is 1. The molecule has 1 N–H and O–H groups in total. The first-order valence-electron chi connectivity index (χ1n) is 6.47. The Morgan fingerprint density at radius 1 is 1.35 bits per heavy atom. The summed E-state index contributed by atoms with van der Waals surface area (Å²) in [6.07, 6.45) is 4.72. The summed E-state index contributed by atoms with van der Waals surface area (Å²) in [6.45, 7) is 3.85. The number of rotatable bonds is 7. The fourth-order valence-corrected chi connectivity index (χ4v) is 2.45. The molecule has 0 aromatic carbocycles. The minimum atomic E-state index is -1.31. The van der Waals surface area contributed by atoms with E-state index in [0.29, 0.717) is 25.2 Å². The molecular weight excluding hydrogens is 220 g/mol. The number of carbonyl (C=O) groups is 2. The highest BCUT2D eigenvalue weighted by molar-refractivity contribution is 5.99. The first-order chi connectivity index (χ1) is 8.06. The summed E-state index contributed by atoms with van der Waals surface area (Å²) in [6, 6.07) is 0. The number of ether oxygens (including phenoxy) is 1. The van der Waals surface area contributed by atoms with E-state index in [1.54, 1.807) is 6.92 Å². The normalized spacial score (nSPS) is 19.2. The molecule has 4 nitrogen and oxygen atoms in total. The molecule has 1 aliphatic carbocycles. The van der Waals surface area contributed by atoms with E-state index in [1.807, 2.05) is 6.92 Å². The number of aliphatic carboxylic acids is 1. The Kier molecular flexibility index (Phi) is 4.97. The Balaban J connectivity index is 2.84. The molecule has 1 fully saturated rings. The third-order valence-electron chi connectivity index (χ3n) is 3.61. The number of hydrogen-bond acceptors (Lipinski definition) is 3. The molecule has 0 spiro atoms. The second-order valence-electron chi connectivity index (χ2n) is 4.86. The van der Waals surface area contributed by atoms with E-state index in [2.05, 4.69) is 0 Å². The van der Waals surface area contributed by atoms with Crippen molar-refractivity contribution in [2.24, 2.45) is 11.3 Å². The van der Waals surface area contributed by atoms with E-state index in [4.69, 9.17) is 4.74 Å². The number of carbonyl (C=O) groups excluding carboxylic acids is 1. The maximum absolute atomic E-state index is 12.0. The fraction of sp³-hybridized carbons (Fsp3) is 0.846. The average molecular weight is 242 g/mol. The van der Waals surface area contributed by atoms with E-state index in [-0.39, 0.29) is 6.61 Å². The molecular formula is C13H22O4. The number of carboxylic acid groups (broad SMARTS) is 1. The summed E-state index contributed by atoms with van der Waals surface area (Å²) in [5.41, 5.74) is -1.31. The third-order valence-corrected chi connectivity index (χ3v) is 3.61. The first-order valence-corrected chi connectivity index (χ1v) is 6.47. The van der Waals surface area contributed by atoms with Crippen molar-refractivity contribution in [3.63, 3.8) is 0 Å². The van der Waals surface area contributed by atoms with Crippen LogP contribution in [0.2, 0.25) is 0 Å². The predicted octanol–water partition coefficient (Wildman–Crippen LogP) is 2.61. The van der Waals surface area contributed by atoms with Crippen LogP contribution in [0.4, 0.5) is 0 Å². The molecule has 1 saturated carbocycles. The minimum absolute atomic E-state index is 0.238. The zero-order valence-corrected chi connectivity index (χ0v) is 10.7. The van der Waals surface area contributed by atoms with Gasteiger partial charge in [-0.15, -0.1) is 0 Å². The van der Waals surface area contributed by atoms with Crippen LogP contribution in [-0.2, 0) is 14.3 Å². The zero-order valence-electron chi connectivity index (χ0n) is 10.7. The summed E-state index contributed by atoms with van der Waals surface area (Å²) in [5, 5.41) is 9.42. The van der Waals surface area contributed by atoms with E-state index in [9.17, 15) is 14.7 Å². The topological polar surface area (TPSA) is 63.6 Å². The zero-order chi connectivity index (χ0) is 12.9. The van der Waals surface area contributed by atoms with Crippen molar-refractivity contribution in [2.45, 2.75) is 52.4 Å². The van der Waals surface area contributed by atoms with Crippen molar-refractivity contribution in [2.75, 3.05) is 6.61 Å². The largest absolute Gasteiger partial charge is 0.480 e. The monoisotopic (exact) mass is 242 g/mol. The summed E-state index contributed by atoms with van der Waals surface area (Å²) in [7, 11) is 0. The van der Waals surface area contributed by atoms with Crippen LogP contribution < -0.4 is 0 Å². The van der Waals surface area contributed by atoms with E-state index >= 15 is 0 Å². The lowest BCUT2D eigenvalue weighted by atomic mass is 9.69. The molecule has 0 radical (unpaired) electrons. The maximum atomic E-state index is 12.0. The lowest BCUT2D eigenvalue weighted by molar-refractivity contribution is -0.171. The van der Waals surface area contributed by atoms with Crippen LogP contribution in [0.5, 0.6) is 0 Å². The van der Waals surface area contributed by atoms with E-state index < -0.39 is 17.4 Å². The van der Waals surface area contributed by atoms with Crippen molar-refractivity contribution in [3.05, 3.63) is 0 Å². The highest BCUT2D eigenvalue weighted by Gasteiger charge is 2.48. The molecule has 0 heterocycles. The summed E-state index contributed by atoms with van der Waals surface area (Å²) in [5.74, 6) is -1.20. The van der Waals surface area contributed by atoms with Gasteiger partial charge in [-0.2, -0.15) is 0 Å². The lowest BCUT2D eigenvalue weighted by Gasteiger charge is -2.34. The van der Waals surface area contributed by atoms with Gasteiger partial charge in [0.05, 0.1) is 6.61 Å². The molecule has 98 valence electrons. The molecule has 0 bridgehead atoms. The highest BCUT2D eigenvalue weighted by Crippen LogP contribution is 2.41. The minimum Gasteiger partial charge on any atom is -0.480 e. The Labute approximate surface area is 102 Å². The molecule has 1 rings (SSSR count). The van der Waals surface area contributed by atoms with Crippen LogP contribution in [0.25, 0.3) is 0 Å². The second kappa shape index (κ2) is 6.03. The van der Waals surface area contributed by atoms with Gasteiger partial charge < -0.3 is 9.84 Å². The van der Waals surface area contributed by atoms with Gasteiger partial charge in [-0.3, -0.25) is 9.59 Å². The summed E-state index contributed by atoms with van der Waals surface area (Å²) < 4.78 is 4.97. The van der Waals surface area contributed by atoms with E-state index in [0.717, 1.165) is 19.3 Å². The van der Waals surface area contributed by atoms with Crippen LogP contribution in [0.1, 0.15) is 52.4 Å². The van der Waals surface area contributed by atoms with Crippen LogP contribution in [0, 0.1) is 11.3 Å². The number of esters is 1. The fourth-order valence-electron chi connectivity index (χ4n) is 2.45. The first kappa shape index (κ1) is 14.0. The molecule has 1 aliphatic rings. The predicted molar refractivity (Wildman–Crippen MR) is 63.6 cm³/mol. The molecule has 0 saturated heterocycles. The van der Waals surface area contributed by atoms with Crippen molar-refractivity contribution in [3.8, 4) is 0 Å². The Morgan fingerprint density at radius 2 is 2.00 bits per heavy atom. The van der Waals surface area contributed by atoms with Crippen molar-refractivity contribution >= 4 is 11.9 Å². The molecule has 1 atom stereocenters. The second-order valence-corrected chi connectivity index (χ2v) is 4.86. The highest BCUT2D eigenvalue weighted by atomic mass is 16.5. The van der Waals surface area contributed by atoms with Gasteiger partial charge >= 0.3 is 11.9 Å². The van der Waals surface area contributed by atoms with Crippen LogP contribution in [-0.4, -0.2) is 23.7 Å². The molecule has 0 aliphatic heterocycles.